The van der Waals surface area contributed by atoms with Gasteiger partial charge >= 0.3 is 6.03 Å². The summed E-state index contributed by atoms with van der Waals surface area (Å²) in [6.07, 6.45) is 3.98. The number of nitrogen functional groups attached to an aromatic ring is 1. The number of halogens is 2. The van der Waals surface area contributed by atoms with Gasteiger partial charge in [0.05, 0.1) is 43.2 Å². The largest absolute Gasteiger partial charge is 0.493 e. The molecule has 2 amide bonds. The van der Waals surface area contributed by atoms with Gasteiger partial charge in [-0.25, -0.2) is 18.6 Å². The van der Waals surface area contributed by atoms with Gasteiger partial charge < -0.3 is 20.6 Å². The summed E-state index contributed by atoms with van der Waals surface area (Å²) in [5.74, 6) is -2.70. The first-order valence-corrected chi connectivity index (χ1v) is 10.7. The van der Waals surface area contributed by atoms with Crippen LogP contribution in [0.4, 0.5) is 36.5 Å². The Morgan fingerprint density at radius 2 is 1.75 bits per heavy atom. The van der Waals surface area contributed by atoms with Crippen LogP contribution in [0.3, 0.4) is 0 Å². The summed E-state index contributed by atoms with van der Waals surface area (Å²) in [5, 5.41) is 8.67. The van der Waals surface area contributed by atoms with E-state index in [2.05, 4.69) is 9.97 Å². The highest BCUT2D eigenvalue weighted by atomic mass is 19.1. The number of hydrogen-bond acceptors (Lipinski definition) is 7. The van der Waals surface area contributed by atoms with Crippen molar-refractivity contribution in [2.75, 3.05) is 29.8 Å². The molecule has 9 nitrogen and oxygen atoms in total. The number of para-hydroxylation sites is 1. The number of carbonyl (C=O) groups excluding carboxylic acids is 1. The number of nitrogens with one attached hydrogen (secondary N) is 1. The molecule has 2 aromatic heterocycles. The molecule has 1 aliphatic rings. The minimum absolute atomic E-state index is 0.0311. The minimum Gasteiger partial charge on any atom is -0.493 e. The van der Waals surface area contributed by atoms with Crippen LogP contribution in [0, 0.1) is 17.0 Å². The summed E-state index contributed by atoms with van der Waals surface area (Å²) in [5.41, 5.74) is 7.10. The van der Waals surface area contributed by atoms with E-state index >= 15 is 8.78 Å². The fourth-order valence-corrected chi connectivity index (χ4v) is 4.33. The van der Waals surface area contributed by atoms with Gasteiger partial charge in [-0.1, -0.05) is 18.2 Å². The van der Waals surface area contributed by atoms with Crippen LogP contribution in [-0.4, -0.2) is 36.4 Å². The van der Waals surface area contributed by atoms with E-state index in [9.17, 15) is 4.79 Å². The van der Waals surface area contributed by atoms with Crippen molar-refractivity contribution in [2.45, 2.75) is 6.54 Å². The third-order valence-electron chi connectivity index (χ3n) is 5.99. The summed E-state index contributed by atoms with van der Waals surface area (Å²) in [4.78, 5) is 24.8. The lowest BCUT2D eigenvalue weighted by Crippen LogP contribution is -2.46. The Bertz CT molecular complexity index is 1510. The summed E-state index contributed by atoms with van der Waals surface area (Å²) < 4.78 is 41.0. The van der Waals surface area contributed by atoms with Crippen LogP contribution >= 0.6 is 0 Å². The Morgan fingerprint density at radius 1 is 1.06 bits per heavy atom. The van der Waals surface area contributed by atoms with Crippen LogP contribution in [0.15, 0.2) is 48.8 Å². The number of benzene rings is 2. The van der Waals surface area contributed by atoms with Crippen molar-refractivity contribution >= 4 is 46.0 Å². The molecule has 4 aromatic rings. The average Bonchev–Trinajstić information content (AvgIpc) is 2.89. The summed E-state index contributed by atoms with van der Waals surface area (Å²) >= 11 is 0. The van der Waals surface area contributed by atoms with Crippen LogP contribution in [0.25, 0.3) is 10.9 Å². The molecule has 0 fully saturated rings. The second kappa shape index (κ2) is 8.77. The number of rotatable bonds is 5. The summed E-state index contributed by atoms with van der Waals surface area (Å²) in [7, 11) is 2.45. The summed E-state index contributed by atoms with van der Waals surface area (Å²) in [6.45, 7) is -0.249. The van der Waals surface area contributed by atoms with Gasteiger partial charge in [-0.2, -0.15) is 0 Å². The molecule has 182 valence electrons. The highest BCUT2D eigenvalue weighted by Crippen LogP contribution is 2.45. The van der Waals surface area contributed by atoms with Gasteiger partial charge in [0, 0.05) is 35.6 Å². The number of methoxy groups -OCH3 is 2. The summed E-state index contributed by atoms with van der Waals surface area (Å²) in [6, 6.07) is 9.07. The monoisotopic (exact) mass is 490 g/mol. The zero-order valence-corrected chi connectivity index (χ0v) is 19.3. The fourth-order valence-electron chi connectivity index (χ4n) is 4.33. The van der Waals surface area contributed by atoms with Crippen molar-refractivity contribution in [3.05, 3.63) is 71.6 Å². The quantitative estimate of drug-likeness (QED) is 0.389. The lowest BCUT2D eigenvalue weighted by atomic mass is 10.0. The maximum absolute atomic E-state index is 15.5. The first-order valence-electron chi connectivity index (χ1n) is 10.7. The van der Waals surface area contributed by atoms with Gasteiger partial charge in [0.15, 0.2) is 23.1 Å². The second-order valence-corrected chi connectivity index (χ2v) is 7.89. The predicted octanol–water partition coefficient (Wildman–Crippen LogP) is 4.78. The lowest BCUT2D eigenvalue weighted by Gasteiger charge is -2.38. The number of fused-ring (bicyclic) bond motifs is 2. The average molecular weight is 490 g/mol. The Balaban J connectivity index is 1.82. The molecule has 0 spiro atoms. The van der Waals surface area contributed by atoms with Crippen molar-refractivity contribution in [2.24, 2.45) is 0 Å². The van der Waals surface area contributed by atoms with E-state index in [4.69, 9.17) is 20.6 Å². The van der Waals surface area contributed by atoms with E-state index in [0.717, 1.165) is 22.6 Å². The molecular formula is C25H20F2N6O3. The molecular weight excluding hydrogens is 470 g/mol. The van der Waals surface area contributed by atoms with E-state index < -0.39 is 23.4 Å². The molecule has 11 heteroatoms. The zero-order valence-electron chi connectivity index (χ0n) is 19.3. The number of hydrogen-bond donors (Lipinski definition) is 2. The number of pyridine rings is 2. The van der Waals surface area contributed by atoms with E-state index in [0.29, 0.717) is 16.8 Å². The highest BCUT2D eigenvalue weighted by Gasteiger charge is 2.39. The first kappa shape index (κ1) is 23.0. The molecule has 0 unspecified atom stereocenters. The Labute approximate surface area is 204 Å². The number of aromatic nitrogens is 2. The van der Waals surface area contributed by atoms with Crippen LogP contribution in [0.1, 0.15) is 11.1 Å². The first-order chi connectivity index (χ1) is 17.4. The highest BCUT2D eigenvalue weighted by molar-refractivity contribution is 6.17. The SMILES string of the molecule is COc1cc(OC)c(F)c(N2Cc3cnc(N)c(C=N)c3N(c3cccc4cccnc34)C2=O)c1F. The van der Waals surface area contributed by atoms with Crippen LogP contribution in [-0.2, 0) is 6.54 Å². The molecule has 2 aromatic carbocycles. The van der Waals surface area contributed by atoms with Crippen molar-refractivity contribution < 1.29 is 23.0 Å². The number of nitrogens with two attached hydrogens (primary N) is 1. The van der Waals surface area contributed by atoms with Gasteiger partial charge in [-0.05, 0) is 12.1 Å². The number of anilines is 4. The van der Waals surface area contributed by atoms with Gasteiger partial charge in [-0.15, -0.1) is 0 Å². The molecule has 3 N–H and O–H groups in total. The third kappa shape index (κ3) is 3.35. The van der Waals surface area contributed by atoms with Crippen LogP contribution in [0.5, 0.6) is 11.5 Å². The molecule has 0 bridgehead atoms. The van der Waals surface area contributed by atoms with Gasteiger partial charge in [-0.3, -0.25) is 14.8 Å². The van der Waals surface area contributed by atoms with Gasteiger partial charge in [0.1, 0.15) is 11.5 Å². The molecule has 36 heavy (non-hydrogen) atoms. The van der Waals surface area contributed by atoms with Crippen molar-refractivity contribution in [1.29, 1.82) is 5.41 Å². The van der Waals surface area contributed by atoms with E-state index in [1.54, 1.807) is 24.4 Å². The standard InChI is InChI=1S/C25H20F2N6O3/c1-35-17-9-18(36-2)20(27)23(19(17)26)32-12-14-11-31-24(29)15(10-28)22(14)33(25(32)34)16-7-3-5-13-6-4-8-30-21(13)16/h3-11,28H,12H2,1-2H3,(H2,29,31). The smallest absolute Gasteiger partial charge is 0.334 e. The van der Waals surface area contributed by atoms with Crippen LogP contribution in [0.2, 0.25) is 0 Å². The van der Waals surface area contributed by atoms with E-state index in [1.807, 2.05) is 12.1 Å². The maximum atomic E-state index is 15.5. The molecule has 1 aliphatic heterocycles. The molecule has 0 saturated heterocycles. The molecule has 0 atom stereocenters. The number of ether oxygens (including phenoxy) is 2. The second-order valence-electron chi connectivity index (χ2n) is 7.89. The van der Waals surface area contributed by atoms with Crippen molar-refractivity contribution in [3.63, 3.8) is 0 Å². The van der Waals surface area contributed by atoms with E-state index in [1.165, 1.54) is 25.3 Å². The molecule has 0 saturated carbocycles. The Kier molecular flexibility index (Phi) is 5.59. The number of nitrogens with zero attached hydrogens (tertiary/aromatic N) is 4. The predicted molar refractivity (Wildman–Crippen MR) is 131 cm³/mol. The zero-order chi connectivity index (χ0) is 25.6. The number of amides is 2. The normalized spacial score (nSPS) is 13.1. The molecule has 0 aliphatic carbocycles. The van der Waals surface area contributed by atoms with E-state index in [-0.39, 0.29) is 35.1 Å². The fraction of sp³-hybridized carbons (Fsp3) is 0.120. The molecule has 5 rings (SSSR count). The van der Waals surface area contributed by atoms with Gasteiger partial charge in [0.2, 0.25) is 0 Å². The minimum atomic E-state index is -1.07. The van der Waals surface area contributed by atoms with Crippen molar-refractivity contribution in [1.82, 2.24) is 9.97 Å². The Hall–Kier alpha value is -4.80. The lowest BCUT2D eigenvalue weighted by molar-refractivity contribution is 0.251. The number of carbonyl (C=O) groups is 1. The third-order valence-corrected chi connectivity index (χ3v) is 5.99. The van der Waals surface area contributed by atoms with Crippen molar-refractivity contribution in [3.8, 4) is 11.5 Å². The topological polar surface area (TPSA) is 118 Å². The van der Waals surface area contributed by atoms with Gasteiger partial charge in [0.25, 0.3) is 0 Å². The van der Waals surface area contributed by atoms with Crippen LogP contribution < -0.4 is 25.0 Å². The molecule has 3 heterocycles. The molecule has 0 radical (unpaired) electrons. The maximum Gasteiger partial charge on any atom is 0.334 e. The Morgan fingerprint density at radius 3 is 2.42 bits per heavy atom. The number of urea groups is 1.